The minimum absolute atomic E-state index is 0.188. The van der Waals surface area contributed by atoms with Crippen molar-refractivity contribution in [3.63, 3.8) is 0 Å². The van der Waals surface area contributed by atoms with Crippen molar-refractivity contribution in [2.75, 3.05) is 33.4 Å². The molecule has 1 aliphatic rings. The van der Waals surface area contributed by atoms with E-state index < -0.39 is 17.5 Å². The molecular formula is C22H26F2N2O3. The van der Waals surface area contributed by atoms with Gasteiger partial charge in [-0.2, -0.15) is 0 Å². The van der Waals surface area contributed by atoms with Gasteiger partial charge in [0.25, 0.3) is 5.91 Å². The molecule has 0 aliphatic carbocycles. The summed E-state index contributed by atoms with van der Waals surface area (Å²) >= 11 is 0. The Kier molecular flexibility index (Phi) is 7.55. The summed E-state index contributed by atoms with van der Waals surface area (Å²) in [5.74, 6) is -1.37. The van der Waals surface area contributed by atoms with E-state index in [9.17, 15) is 13.6 Å². The first-order valence-corrected chi connectivity index (χ1v) is 9.76. The number of amides is 1. The van der Waals surface area contributed by atoms with E-state index in [0.29, 0.717) is 18.4 Å². The summed E-state index contributed by atoms with van der Waals surface area (Å²) in [6.07, 6.45) is 2.08. The standard InChI is InChI=1S/C22H26F2N2O3/c1-26(18-7-10-28-11-8-18)9-12-29-19-4-2-3-16(13-19)15-25-22(27)20-14-17(23)5-6-21(20)24/h2-6,13-14,18H,7-12,15H2,1H3,(H,25,27). The first kappa shape index (κ1) is 21.2. The fourth-order valence-electron chi connectivity index (χ4n) is 3.31. The van der Waals surface area contributed by atoms with E-state index in [-0.39, 0.29) is 12.1 Å². The molecule has 0 spiro atoms. The van der Waals surface area contributed by atoms with E-state index in [1.807, 2.05) is 24.3 Å². The quantitative estimate of drug-likeness (QED) is 0.733. The normalized spacial score (nSPS) is 14.8. The van der Waals surface area contributed by atoms with Crippen molar-refractivity contribution in [3.8, 4) is 5.75 Å². The SMILES string of the molecule is CN(CCOc1cccc(CNC(=O)c2cc(F)ccc2F)c1)C1CCOCC1. The van der Waals surface area contributed by atoms with Crippen LogP contribution >= 0.6 is 0 Å². The van der Waals surface area contributed by atoms with E-state index in [0.717, 1.165) is 56.4 Å². The number of hydrogen-bond donors (Lipinski definition) is 1. The molecule has 1 amide bonds. The van der Waals surface area contributed by atoms with Crippen LogP contribution in [-0.4, -0.2) is 50.3 Å². The van der Waals surface area contributed by atoms with E-state index in [1.54, 1.807) is 0 Å². The molecule has 1 aliphatic heterocycles. The topological polar surface area (TPSA) is 50.8 Å². The number of rotatable bonds is 8. The Labute approximate surface area is 169 Å². The van der Waals surface area contributed by atoms with E-state index >= 15 is 0 Å². The van der Waals surface area contributed by atoms with Gasteiger partial charge in [-0.1, -0.05) is 12.1 Å². The first-order chi connectivity index (χ1) is 14.0. The molecule has 5 nitrogen and oxygen atoms in total. The molecule has 0 unspecified atom stereocenters. The minimum atomic E-state index is -0.755. The van der Waals surface area contributed by atoms with Gasteiger partial charge in [-0.3, -0.25) is 9.69 Å². The van der Waals surface area contributed by atoms with Crippen LogP contribution in [0.25, 0.3) is 0 Å². The lowest BCUT2D eigenvalue weighted by atomic mass is 10.1. The summed E-state index contributed by atoms with van der Waals surface area (Å²) in [5.41, 5.74) is 0.499. The minimum Gasteiger partial charge on any atom is -0.492 e. The fraction of sp³-hybridized carbons (Fsp3) is 0.409. The number of nitrogens with one attached hydrogen (secondary N) is 1. The fourth-order valence-corrected chi connectivity index (χ4v) is 3.31. The summed E-state index contributed by atoms with van der Waals surface area (Å²) in [7, 11) is 2.09. The molecule has 1 saturated heterocycles. The van der Waals surface area contributed by atoms with Gasteiger partial charge in [-0.15, -0.1) is 0 Å². The molecule has 156 valence electrons. The second-order valence-corrected chi connectivity index (χ2v) is 7.13. The van der Waals surface area contributed by atoms with Gasteiger partial charge in [0.2, 0.25) is 0 Å². The van der Waals surface area contributed by atoms with Gasteiger partial charge in [0.15, 0.2) is 0 Å². The molecule has 0 atom stereocenters. The highest BCUT2D eigenvalue weighted by Crippen LogP contribution is 2.16. The lowest BCUT2D eigenvalue weighted by Gasteiger charge is -2.31. The van der Waals surface area contributed by atoms with E-state index in [4.69, 9.17) is 9.47 Å². The van der Waals surface area contributed by atoms with Crippen LogP contribution in [0.2, 0.25) is 0 Å². The van der Waals surface area contributed by atoms with E-state index in [1.165, 1.54) is 0 Å². The molecule has 0 saturated carbocycles. The maximum absolute atomic E-state index is 13.7. The van der Waals surface area contributed by atoms with Crippen molar-refractivity contribution >= 4 is 5.91 Å². The zero-order valence-electron chi connectivity index (χ0n) is 16.5. The second kappa shape index (κ2) is 10.3. The van der Waals surface area contributed by atoms with Gasteiger partial charge < -0.3 is 14.8 Å². The van der Waals surface area contributed by atoms with Crippen molar-refractivity contribution in [1.29, 1.82) is 0 Å². The lowest BCUT2D eigenvalue weighted by molar-refractivity contribution is 0.0392. The van der Waals surface area contributed by atoms with Crippen LogP contribution in [0.1, 0.15) is 28.8 Å². The third-order valence-corrected chi connectivity index (χ3v) is 5.05. The predicted molar refractivity (Wildman–Crippen MR) is 106 cm³/mol. The van der Waals surface area contributed by atoms with Crippen LogP contribution in [0.4, 0.5) is 8.78 Å². The number of ether oxygens (including phenoxy) is 2. The third-order valence-electron chi connectivity index (χ3n) is 5.05. The summed E-state index contributed by atoms with van der Waals surface area (Å²) in [4.78, 5) is 14.4. The van der Waals surface area contributed by atoms with Gasteiger partial charge in [-0.25, -0.2) is 8.78 Å². The number of benzene rings is 2. The molecular weight excluding hydrogens is 378 g/mol. The Hall–Kier alpha value is -2.51. The molecule has 3 rings (SSSR count). The molecule has 1 heterocycles. The van der Waals surface area contributed by atoms with Crippen molar-refractivity contribution in [3.05, 3.63) is 65.2 Å². The monoisotopic (exact) mass is 404 g/mol. The third kappa shape index (κ3) is 6.24. The highest BCUT2D eigenvalue weighted by Gasteiger charge is 2.18. The summed E-state index contributed by atoms with van der Waals surface area (Å²) in [6.45, 7) is 3.17. The Morgan fingerprint density at radius 2 is 2.00 bits per heavy atom. The Bertz CT molecular complexity index is 825. The molecule has 1 fully saturated rings. The van der Waals surface area contributed by atoms with Gasteiger partial charge in [0, 0.05) is 32.3 Å². The molecule has 0 radical (unpaired) electrons. The number of halogens is 2. The molecule has 2 aromatic carbocycles. The van der Waals surface area contributed by atoms with Crippen molar-refractivity contribution in [2.24, 2.45) is 0 Å². The van der Waals surface area contributed by atoms with Gasteiger partial charge in [0.1, 0.15) is 24.0 Å². The Morgan fingerprint density at radius 3 is 2.79 bits per heavy atom. The Balaban J connectivity index is 1.47. The highest BCUT2D eigenvalue weighted by molar-refractivity contribution is 5.94. The molecule has 1 N–H and O–H groups in total. The first-order valence-electron chi connectivity index (χ1n) is 9.76. The van der Waals surface area contributed by atoms with Gasteiger partial charge in [-0.05, 0) is 55.8 Å². The zero-order chi connectivity index (χ0) is 20.6. The largest absolute Gasteiger partial charge is 0.492 e. The maximum atomic E-state index is 13.7. The summed E-state index contributed by atoms with van der Waals surface area (Å²) in [6, 6.07) is 10.7. The number of hydrogen-bond acceptors (Lipinski definition) is 4. The number of likely N-dealkylation sites (N-methyl/N-ethyl adjacent to an activating group) is 1. The van der Waals surface area contributed by atoms with Crippen molar-refractivity contribution in [2.45, 2.75) is 25.4 Å². The second-order valence-electron chi connectivity index (χ2n) is 7.13. The molecule has 2 aromatic rings. The van der Waals surface area contributed by atoms with Gasteiger partial charge in [0.05, 0.1) is 5.56 Å². The predicted octanol–water partition coefficient (Wildman–Crippen LogP) is 3.38. The number of carbonyl (C=O) groups is 1. The molecule has 0 bridgehead atoms. The Morgan fingerprint density at radius 1 is 1.21 bits per heavy atom. The van der Waals surface area contributed by atoms with Gasteiger partial charge >= 0.3 is 0 Å². The average molecular weight is 404 g/mol. The van der Waals surface area contributed by atoms with Crippen LogP contribution in [0.3, 0.4) is 0 Å². The molecule has 7 heteroatoms. The summed E-state index contributed by atoms with van der Waals surface area (Å²) in [5, 5.41) is 2.61. The van der Waals surface area contributed by atoms with Crippen molar-refractivity contribution in [1.82, 2.24) is 10.2 Å². The van der Waals surface area contributed by atoms with Crippen LogP contribution in [0, 0.1) is 11.6 Å². The zero-order valence-corrected chi connectivity index (χ0v) is 16.5. The lowest BCUT2D eigenvalue weighted by Crippen LogP contribution is -2.38. The average Bonchev–Trinajstić information content (AvgIpc) is 2.74. The van der Waals surface area contributed by atoms with E-state index in [2.05, 4.69) is 17.3 Å². The van der Waals surface area contributed by atoms with Crippen LogP contribution in [-0.2, 0) is 11.3 Å². The number of nitrogens with zero attached hydrogens (tertiary/aromatic N) is 1. The molecule has 0 aromatic heterocycles. The molecule has 29 heavy (non-hydrogen) atoms. The highest BCUT2D eigenvalue weighted by atomic mass is 19.1. The number of carbonyl (C=O) groups excluding carboxylic acids is 1. The van der Waals surface area contributed by atoms with Crippen LogP contribution < -0.4 is 10.1 Å². The maximum Gasteiger partial charge on any atom is 0.254 e. The van der Waals surface area contributed by atoms with Crippen LogP contribution in [0.5, 0.6) is 5.75 Å². The van der Waals surface area contributed by atoms with Crippen LogP contribution in [0.15, 0.2) is 42.5 Å². The van der Waals surface area contributed by atoms with Crippen molar-refractivity contribution < 1.29 is 23.0 Å². The smallest absolute Gasteiger partial charge is 0.254 e. The summed E-state index contributed by atoms with van der Waals surface area (Å²) < 4.78 is 38.2.